The molecule has 0 aliphatic carbocycles. The van der Waals surface area contributed by atoms with Crippen LogP contribution in [0.15, 0.2) is 40.1 Å². The van der Waals surface area contributed by atoms with Gasteiger partial charge in [0, 0.05) is 18.1 Å². The van der Waals surface area contributed by atoms with Crippen LogP contribution in [0.5, 0.6) is 11.5 Å². The summed E-state index contributed by atoms with van der Waals surface area (Å²) < 4.78 is 21.5. The van der Waals surface area contributed by atoms with Crippen molar-refractivity contribution >= 4 is 22.4 Å². The van der Waals surface area contributed by atoms with E-state index >= 15 is 0 Å². The summed E-state index contributed by atoms with van der Waals surface area (Å²) in [4.78, 5) is 16.7. The predicted octanol–water partition coefficient (Wildman–Crippen LogP) is 3.57. The highest BCUT2D eigenvalue weighted by Gasteiger charge is 2.16. The molecule has 0 saturated carbocycles. The molecule has 1 aliphatic heterocycles. The third kappa shape index (κ3) is 3.42. The molecule has 0 saturated heterocycles. The van der Waals surface area contributed by atoms with Crippen LogP contribution in [0.4, 0.5) is 5.13 Å². The molecule has 1 aromatic carbocycles. The van der Waals surface area contributed by atoms with Crippen LogP contribution >= 0.6 is 11.3 Å². The molecule has 8 heteroatoms. The number of anilines is 1. The van der Waals surface area contributed by atoms with Crippen LogP contribution in [0.2, 0.25) is 0 Å². The van der Waals surface area contributed by atoms with Crippen molar-refractivity contribution in [1.82, 2.24) is 4.98 Å². The molecule has 0 radical (unpaired) electrons. The van der Waals surface area contributed by atoms with E-state index in [1.807, 2.05) is 23.6 Å². The van der Waals surface area contributed by atoms with Crippen LogP contribution < -0.4 is 14.8 Å². The van der Waals surface area contributed by atoms with Gasteiger partial charge in [-0.25, -0.2) is 4.98 Å². The lowest BCUT2D eigenvalue weighted by atomic mass is 10.1. The number of hydrogen-bond donors (Lipinski definition) is 1. The Bertz CT molecular complexity index is 933. The molecular weight excluding hydrogens is 356 g/mol. The van der Waals surface area contributed by atoms with E-state index in [-0.39, 0.29) is 11.7 Å². The number of rotatable bonds is 5. The molecular formula is C18H16N2O5S. The molecule has 0 spiro atoms. The molecule has 0 bridgehead atoms. The van der Waals surface area contributed by atoms with Gasteiger partial charge < -0.3 is 18.6 Å². The van der Waals surface area contributed by atoms with E-state index in [0.717, 1.165) is 17.0 Å². The number of nitrogens with one attached hydrogen (secondary N) is 1. The van der Waals surface area contributed by atoms with Gasteiger partial charge in [-0.1, -0.05) is 0 Å². The highest BCUT2D eigenvalue weighted by molar-refractivity contribution is 7.14. The maximum Gasteiger partial charge on any atom is 0.293 e. The van der Waals surface area contributed by atoms with E-state index in [1.165, 1.54) is 11.3 Å². The topological polar surface area (TPSA) is 82.8 Å². The Balaban J connectivity index is 1.48. The van der Waals surface area contributed by atoms with Crippen molar-refractivity contribution in [3.05, 3.63) is 47.2 Å². The minimum Gasteiger partial charge on any atom is -0.486 e. The van der Waals surface area contributed by atoms with Gasteiger partial charge in [0.2, 0.25) is 0 Å². The number of methoxy groups -OCH3 is 1. The molecule has 4 rings (SSSR count). The van der Waals surface area contributed by atoms with Gasteiger partial charge in [0.15, 0.2) is 22.4 Å². The number of amides is 1. The minimum atomic E-state index is -0.351. The van der Waals surface area contributed by atoms with E-state index in [1.54, 1.807) is 19.2 Å². The minimum absolute atomic E-state index is 0.216. The first-order valence-corrected chi connectivity index (χ1v) is 8.85. The first kappa shape index (κ1) is 16.6. The molecule has 0 atom stereocenters. The van der Waals surface area contributed by atoms with Crippen molar-refractivity contribution in [3.63, 3.8) is 0 Å². The maximum atomic E-state index is 12.3. The summed E-state index contributed by atoms with van der Waals surface area (Å²) in [6, 6.07) is 8.98. The number of carbonyl (C=O) groups excluding carboxylic acids is 1. The zero-order valence-electron chi connectivity index (χ0n) is 14.0. The van der Waals surface area contributed by atoms with E-state index in [2.05, 4.69) is 10.3 Å². The number of benzene rings is 1. The van der Waals surface area contributed by atoms with E-state index in [0.29, 0.717) is 36.5 Å². The molecule has 1 aliphatic rings. The number of furan rings is 1. The number of fused-ring (bicyclic) bond motifs is 1. The van der Waals surface area contributed by atoms with Gasteiger partial charge in [-0.2, -0.15) is 0 Å². The van der Waals surface area contributed by atoms with Gasteiger partial charge >= 0.3 is 0 Å². The monoisotopic (exact) mass is 372 g/mol. The fourth-order valence-corrected chi connectivity index (χ4v) is 3.26. The molecule has 26 heavy (non-hydrogen) atoms. The normalized spacial score (nSPS) is 12.8. The van der Waals surface area contributed by atoms with Crippen LogP contribution in [0.25, 0.3) is 11.3 Å². The van der Waals surface area contributed by atoms with Gasteiger partial charge in [0.05, 0.1) is 5.69 Å². The van der Waals surface area contributed by atoms with Crippen LogP contribution in [0.1, 0.15) is 16.3 Å². The highest BCUT2D eigenvalue weighted by Crippen LogP contribution is 2.35. The summed E-state index contributed by atoms with van der Waals surface area (Å²) >= 11 is 1.34. The van der Waals surface area contributed by atoms with Crippen LogP contribution in [-0.2, 0) is 11.3 Å². The van der Waals surface area contributed by atoms with Crippen LogP contribution in [0, 0.1) is 0 Å². The molecule has 134 valence electrons. The lowest BCUT2D eigenvalue weighted by molar-refractivity contribution is 0.0987. The van der Waals surface area contributed by atoms with Crippen LogP contribution in [-0.4, -0.2) is 31.2 Å². The molecule has 0 fully saturated rings. The van der Waals surface area contributed by atoms with Crippen molar-refractivity contribution in [3.8, 4) is 22.8 Å². The van der Waals surface area contributed by atoms with E-state index in [4.69, 9.17) is 18.6 Å². The van der Waals surface area contributed by atoms with Crippen molar-refractivity contribution in [2.75, 3.05) is 25.6 Å². The zero-order chi connectivity index (χ0) is 17.9. The Kier molecular flexibility index (Phi) is 4.59. The van der Waals surface area contributed by atoms with Gasteiger partial charge in [0.1, 0.15) is 25.6 Å². The van der Waals surface area contributed by atoms with Gasteiger partial charge in [-0.15, -0.1) is 11.3 Å². The second kappa shape index (κ2) is 7.19. The number of ether oxygens (including phenoxy) is 3. The molecule has 7 nitrogen and oxygen atoms in total. The average Bonchev–Trinajstić information content (AvgIpc) is 3.31. The largest absolute Gasteiger partial charge is 0.486 e. The smallest absolute Gasteiger partial charge is 0.293 e. The number of thiazole rings is 1. The average molecular weight is 372 g/mol. The molecule has 0 unspecified atom stereocenters. The summed E-state index contributed by atoms with van der Waals surface area (Å²) in [6.45, 7) is 1.40. The number of carbonyl (C=O) groups is 1. The summed E-state index contributed by atoms with van der Waals surface area (Å²) in [5.41, 5.74) is 1.65. The van der Waals surface area contributed by atoms with Crippen molar-refractivity contribution < 1.29 is 23.4 Å². The molecule has 3 heterocycles. The standard InChI is InChI=1S/C18H16N2O5S/c1-22-9-12-3-5-15(25-12)17(21)20-18-19-13(10-26-18)11-2-4-14-16(8-11)24-7-6-23-14/h2-5,8,10H,6-7,9H2,1H3,(H,19,20,21). The summed E-state index contributed by atoms with van der Waals surface area (Å²) in [7, 11) is 1.57. The third-order valence-corrected chi connectivity index (χ3v) is 4.49. The fourth-order valence-electron chi connectivity index (χ4n) is 2.54. The summed E-state index contributed by atoms with van der Waals surface area (Å²) in [5.74, 6) is 1.89. The second-order valence-corrected chi connectivity index (χ2v) is 6.41. The zero-order valence-corrected chi connectivity index (χ0v) is 14.8. The summed E-state index contributed by atoms with van der Waals surface area (Å²) in [5, 5.41) is 5.11. The van der Waals surface area contributed by atoms with Crippen LogP contribution in [0.3, 0.4) is 0 Å². The quantitative estimate of drug-likeness (QED) is 0.737. The molecule has 3 aromatic rings. The summed E-state index contributed by atoms with van der Waals surface area (Å²) in [6.07, 6.45) is 0. The third-order valence-electron chi connectivity index (χ3n) is 3.73. The number of hydrogen-bond acceptors (Lipinski definition) is 7. The van der Waals surface area contributed by atoms with Crippen molar-refractivity contribution in [1.29, 1.82) is 0 Å². The van der Waals surface area contributed by atoms with E-state index in [9.17, 15) is 4.79 Å². The van der Waals surface area contributed by atoms with Crippen molar-refractivity contribution in [2.24, 2.45) is 0 Å². The first-order chi connectivity index (χ1) is 12.7. The highest BCUT2D eigenvalue weighted by atomic mass is 32.1. The predicted molar refractivity (Wildman–Crippen MR) is 95.9 cm³/mol. The Hall–Kier alpha value is -2.84. The Morgan fingerprint density at radius 2 is 2.08 bits per heavy atom. The lowest BCUT2D eigenvalue weighted by Crippen LogP contribution is -2.15. The number of nitrogens with zero attached hydrogens (tertiary/aromatic N) is 1. The van der Waals surface area contributed by atoms with Gasteiger partial charge in [0.25, 0.3) is 5.91 Å². The molecule has 1 amide bonds. The lowest BCUT2D eigenvalue weighted by Gasteiger charge is -2.18. The molecule has 1 N–H and O–H groups in total. The first-order valence-electron chi connectivity index (χ1n) is 7.97. The van der Waals surface area contributed by atoms with Crippen molar-refractivity contribution in [2.45, 2.75) is 6.61 Å². The van der Waals surface area contributed by atoms with Gasteiger partial charge in [-0.3, -0.25) is 10.1 Å². The van der Waals surface area contributed by atoms with Gasteiger partial charge in [-0.05, 0) is 30.3 Å². The van der Waals surface area contributed by atoms with E-state index < -0.39 is 0 Å². The molecule has 2 aromatic heterocycles. The second-order valence-electron chi connectivity index (χ2n) is 5.55. The number of aromatic nitrogens is 1. The fraction of sp³-hybridized carbons (Fsp3) is 0.222. The maximum absolute atomic E-state index is 12.3. The SMILES string of the molecule is COCc1ccc(C(=O)Nc2nc(-c3ccc4c(c3)OCCO4)cs2)o1. The Labute approximate surface area is 153 Å². The Morgan fingerprint density at radius 3 is 2.92 bits per heavy atom. The Morgan fingerprint density at radius 1 is 1.23 bits per heavy atom.